The highest BCUT2D eigenvalue weighted by molar-refractivity contribution is 5.81. The Labute approximate surface area is 298 Å². The SMILES string of the molecule is COc1ccc(C(OC[C@H]2O[C@@H](n3ccc(=O)n(CCCCCCNC(=O)C(F)(F)F)c3=O)C[C@@H]2O)(c2ccccc2)c2ccc(OC)cc2)cc1. The number of carbonyl (C=O) groups is 1. The highest BCUT2D eigenvalue weighted by Gasteiger charge is 2.42. The molecule has 2 heterocycles. The van der Waals surface area contributed by atoms with Crippen LogP contribution in [-0.4, -0.2) is 65.9 Å². The molecule has 0 radical (unpaired) electrons. The van der Waals surface area contributed by atoms with E-state index in [9.17, 15) is 32.7 Å². The highest BCUT2D eigenvalue weighted by Crippen LogP contribution is 2.42. The van der Waals surface area contributed by atoms with Crippen molar-refractivity contribution in [1.29, 1.82) is 0 Å². The molecule has 0 saturated carbocycles. The van der Waals surface area contributed by atoms with E-state index < -0.39 is 47.4 Å². The van der Waals surface area contributed by atoms with Crippen molar-refractivity contribution in [2.45, 2.75) is 68.9 Å². The van der Waals surface area contributed by atoms with Gasteiger partial charge in [0.25, 0.3) is 5.56 Å². The van der Waals surface area contributed by atoms with Crippen molar-refractivity contribution in [2.24, 2.45) is 0 Å². The Morgan fingerprint density at radius 2 is 1.42 bits per heavy atom. The zero-order valence-electron chi connectivity index (χ0n) is 28.9. The Kier molecular flexibility index (Phi) is 12.6. The summed E-state index contributed by atoms with van der Waals surface area (Å²) >= 11 is 0. The fourth-order valence-corrected chi connectivity index (χ4v) is 6.32. The summed E-state index contributed by atoms with van der Waals surface area (Å²) in [6.07, 6.45) is -4.50. The van der Waals surface area contributed by atoms with Crippen molar-refractivity contribution < 1.29 is 42.0 Å². The van der Waals surface area contributed by atoms with Gasteiger partial charge in [-0.05, 0) is 53.8 Å². The van der Waals surface area contributed by atoms with Gasteiger partial charge in [-0.2, -0.15) is 13.2 Å². The highest BCUT2D eigenvalue weighted by atomic mass is 19.4. The van der Waals surface area contributed by atoms with Crippen molar-refractivity contribution >= 4 is 5.91 Å². The summed E-state index contributed by atoms with van der Waals surface area (Å²) in [6.45, 7) is -0.115. The summed E-state index contributed by atoms with van der Waals surface area (Å²) in [6, 6.07) is 25.9. The first-order valence-electron chi connectivity index (χ1n) is 17.0. The summed E-state index contributed by atoms with van der Waals surface area (Å²) in [5, 5.41) is 13.0. The maximum absolute atomic E-state index is 13.5. The monoisotopic (exact) mass is 725 g/mol. The normalized spacial score (nSPS) is 17.5. The lowest BCUT2D eigenvalue weighted by Crippen LogP contribution is -2.40. The third kappa shape index (κ3) is 8.75. The van der Waals surface area contributed by atoms with Crippen LogP contribution in [0.1, 0.15) is 55.0 Å². The van der Waals surface area contributed by atoms with Crippen molar-refractivity contribution in [1.82, 2.24) is 14.5 Å². The molecule has 1 aliphatic rings. The van der Waals surface area contributed by atoms with Gasteiger partial charge in [0, 0.05) is 31.8 Å². The van der Waals surface area contributed by atoms with Gasteiger partial charge in [-0.3, -0.25) is 18.7 Å². The van der Waals surface area contributed by atoms with E-state index in [0.717, 1.165) is 21.3 Å². The fourth-order valence-electron chi connectivity index (χ4n) is 6.32. The van der Waals surface area contributed by atoms with Crippen LogP contribution in [0.5, 0.6) is 11.5 Å². The molecule has 1 fully saturated rings. The number of unbranched alkanes of at least 4 members (excludes halogenated alkanes) is 3. The number of halogens is 3. The van der Waals surface area contributed by atoms with Gasteiger partial charge < -0.3 is 29.4 Å². The maximum atomic E-state index is 13.5. The van der Waals surface area contributed by atoms with E-state index in [0.29, 0.717) is 37.2 Å². The third-order valence-corrected chi connectivity index (χ3v) is 9.10. The average molecular weight is 726 g/mol. The van der Waals surface area contributed by atoms with Crippen LogP contribution in [0.25, 0.3) is 0 Å². The van der Waals surface area contributed by atoms with Crippen LogP contribution >= 0.6 is 0 Å². The second-order valence-electron chi connectivity index (χ2n) is 12.4. The lowest BCUT2D eigenvalue weighted by molar-refractivity contribution is -0.173. The van der Waals surface area contributed by atoms with Crippen molar-refractivity contribution in [3.8, 4) is 11.5 Å². The van der Waals surface area contributed by atoms with E-state index in [1.165, 1.54) is 16.8 Å². The minimum absolute atomic E-state index is 0.0670. The van der Waals surface area contributed by atoms with Crippen molar-refractivity contribution in [3.05, 3.63) is 129 Å². The molecule has 1 aromatic heterocycles. The smallest absolute Gasteiger partial charge is 0.471 e. The molecule has 1 aliphatic heterocycles. The number of aliphatic hydroxyl groups excluding tert-OH is 1. The Balaban J connectivity index is 1.32. The summed E-state index contributed by atoms with van der Waals surface area (Å²) < 4.78 is 63.3. The second-order valence-corrected chi connectivity index (χ2v) is 12.4. The van der Waals surface area contributed by atoms with Crippen LogP contribution in [0.3, 0.4) is 0 Å². The van der Waals surface area contributed by atoms with Crippen molar-refractivity contribution in [3.63, 3.8) is 0 Å². The molecule has 2 N–H and O–H groups in total. The number of ether oxygens (including phenoxy) is 4. The Morgan fingerprint density at radius 3 is 2.00 bits per heavy atom. The largest absolute Gasteiger partial charge is 0.497 e. The van der Waals surface area contributed by atoms with E-state index in [-0.39, 0.29) is 26.1 Å². The van der Waals surface area contributed by atoms with Gasteiger partial charge in [-0.25, -0.2) is 4.79 Å². The number of carbonyl (C=O) groups excluding carboxylic acids is 1. The molecule has 0 spiro atoms. The molecule has 14 heteroatoms. The number of aromatic nitrogens is 2. The maximum Gasteiger partial charge on any atom is 0.471 e. The Morgan fingerprint density at radius 1 is 0.846 bits per heavy atom. The first-order chi connectivity index (χ1) is 25.0. The molecular weight excluding hydrogens is 683 g/mol. The summed E-state index contributed by atoms with van der Waals surface area (Å²) in [5.74, 6) is -0.652. The van der Waals surface area contributed by atoms with Gasteiger partial charge in [0.15, 0.2) is 0 Å². The molecule has 3 atom stereocenters. The number of nitrogens with one attached hydrogen (secondary N) is 1. The molecule has 0 unspecified atom stereocenters. The number of alkyl halides is 3. The van der Waals surface area contributed by atoms with Crippen LogP contribution in [0, 0.1) is 0 Å². The molecule has 278 valence electrons. The van der Waals surface area contributed by atoms with Gasteiger partial charge >= 0.3 is 17.8 Å². The quantitative estimate of drug-likeness (QED) is 0.123. The van der Waals surface area contributed by atoms with Crippen LogP contribution in [0.2, 0.25) is 0 Å². The fraction of sp³-hybridized carbons (Fsp3) is 0.395. The number of benzene rings is 3. The number of hydrogen-bond acceptors (Lipinski definition) is 8. The molecule has 11 nitrogen and oxygen atoms in total. The standard InChI is InChI=1S/C38H42F3N3O8/c1-49-29-16-12-27(13-17-29)37(26-10-6-5-7-11-26,28-14-18-30(50-2)19-15-28)51-25-32-31(45)24-34(52-32)44-23-20-33(46)43(36(44)48)22-9-4-3-8-21-42-35(47)38(39,40)41/h5-7,10-20,23,31-32,34,45H,3-4,8-9,21-22,24-25H2,1-2H3,(H,42,47)/t31-,32+,34+/m0/s1. The Hall–Kier alpha value is -4.92. The first-order valence-corrected chi connectivity index (χ1v) is 17.0. The van der Waals surface area contributed by atoms with Gasteiger partial charge in [-0.1, -0.05) is 67.4 Å². The first kappa shape index (κ1) is 38.3. The van der Waals surface area contributed by atoms with Gasteiger partial charge in [0.05, 0.1) is 26.9 Å². The Bertz CT molecular complexity index is 1830. The van der Waals surface area contributed by atoms with Crippen molar-refractivity contribution in [2.75, 3.05) is 27.4 Å². The molecule has 0 bridgehead atoms. The molecule has 1 amide bonds. The van der Waals surface area contributed by atoms with E-state index in [2.05, 4.69) is 0 Å². The molecule has 0 aliphatic carbocycles. The van der Waals surface area contributed by atoms with Gasteiger partial charge in [-0.15, -0.1) is 0 Å². The minimum Gasteiger partial charge on any atom is -0.497 e. The number of aliphatic hydroxyl groups is 1. The zero-order valence-corrected chi connectivity index (χ0v) is 28.9. The summed E-state index contributed by atoms with van der Waals surface area (Å²) in [4.78, 5) is 37.0. The summed E-state index contributed by atoms with van der Waals surface area (Å²) in [5.41, 5.74) is 0.131. The number of hydrogen-bond donors (Lipinski definition) is 2. The van der Waals surface area contributed by atoms with Crippen LogP contribution in [0.4, 0.5) is 13.2 Å². The molecule has 3 aromatic carbocycles. The molecule has 1 saturated heterocycles. The lowest BCUT2D eigenvalue weighted by Gasteiger charge is -2.37. The van der Waals surface area contributed by atoms with Gasteiger partial charge in [0.2, 0.25) is 0 Å². The van der Waals surface area contributed by atoms with E-state index in [4.69, 9.17) is 18.9 Å². The van der Waals surface area contributed by atoms with Crippen LogP contribution in [0.15, 0.2) is 101 Å². The minimum atomic E-state index is -4.93. The molecule has 4 aromatic rings. The van der Waals surface area contributed by atoms with E-state index in [1.807, 2.05) is 84.2 Å². The predicted molar refractivity (Wildman–Crippen MR) is 185 cm³/mol. The lowest BCUT2D eigenvalue weighted by atomic mass is 9.80. The van der Waals surface area contributed by atoms with Crippen LogP contribution in [-0.2, 0) is 26.4 Å². The number of methoxy groups -OCH3 is 2. The molecule has 5 rings (SSSR count). The number of amides is 1. The van der Waals surface area contributed by atoms with Gasteiger partial charge in [0.1, 0.15) is 29.4 Å². The van der Waals surface area contributed by atoms with E-state index >= 15 is 0 Å². The van der Waals surface area contributed by atoms with E-state index in [1.54, 1.807) is 14.2 Å². The predicted octanol–water partition coefficient (Wildman–Crippen LogP) is 4.92. The number of nitrogens with zero attached hydrogens (tertiary/aromatic N) is 2. The average Bonchev–Trinajstić information content (AvgIpc) is 3.52. The van der Waals surface area contributed by atoms with Crippen LogP contribution < -0.4 is 26.0 Å². The second kappa shape index (κ2) is 17.1. The topological polar surface area (TPSA) is 130 Å². The molecule has 52 heavy (non-hydrogen) atoms. The zero-order chi connectivity index (χ0) is 37.3. The molecular formula is C38H42F3N3O8. The third-order valence-electron chi connectivity index (χ3n) is 9.10. The number of rotatable bonds is 16. The summed E-state index contributed by atoms with van der Waals surface area (Å²) in [7, 11) is 3.18.